The first kappa shape index (κ1) is 8.82. The second-order valence-corrected chi connectivity index (χ2v) is 2.10. The van der Waals surface area contributed by atoms with Crippen molar-refractivity contribution in [3.05, 3.63) is 0 Å². The SMILES string of the molecule is O=C(OC(F)(F)F)C1CC=NN1. The molecule has 12 heavy (non-hydrogen) atoms. The molecule has 0 amide bonds. The first-order valence-corrected chi connectivity index (χ1v) is 3.05. The summed E-state index contributed by atoms with van der Waals surface area (Å²) in [5, 5.41) is 3.37. The van der Waals surface area contributed by atoms with E-state index in [0.717, 1.165) is 0 Å². The second-order valence-electron chi connectivity index (χ2n) is 2.10. The molecule has 1 aliphatic rings. The zero-order valence-electron chi connectivity index (χ0n) is 5.76. The summed E-state index contributed by atoms with van der Waals surface area (Å²) in [4.78, 5) is 10.6. The maximum atomic E-state index is 11.4. The van der Waals surface area contributed by atoms with E-state index in [0.29, 0.717) is 0 Å². The molecule has 1 rings (SSSR count). The summed E-state index contributed by atoms with van der Waals surface area (Å²) in [6, 6.07) is -1.01. The maximum absolute atomic E-state index is 11.4. The number of carbonyl (C=O) groups is 1. The molecule has 1 heterocycles. The van der Waals surface area contributed by atoms with Crippen LogP contribution in [0.3, 0.4) is 0 Å². The zero-order chi connectivity index (χ0) is 9.19. The first-order valence-electron chi connectivity index (χ1n) is 3.05. The molecular weight excluding hydrogens is 177 g/mol. The van der Waals surface area contributed by atoms with Crippen LogP contribution in [0, 0.1) is 0 Å². The van der Waals surface area contributed by atoms with E-state index in [-0.39, 0.29) is 6.42 Å². The maximum Gasteiger partial charge on any atom is 0.575 e. The van der Waals surface area contributed by atoms with Gasteiger partial charge in [-0.1, -0.05) is 0 Å². The monoisotopic (exact) mass is 182 g/mol. The van der Waals surface area contributed by atoms with Crippen molar-refractivity contribution >= 4 is 12.2 Å². The van der Waals surface area contributed by atoms with E-state index in [9.17, 15) is 18.0 Å². The number of ether oxygens (including phenoxy) is 1. The summed E-state index contributed by atoms with van der Waals surface area (Å²) in [6.45, 7) is 0. The fourth-order valence-corrected chi connectivity index (χ4v) is 0.688. The summed E-state index contributed by atoms with van der Waals surface area (Å²) >= 11 is 0. The van der Waals surface area contributed by atoms with Gasteiger partial charge >= 0.3 is 12.3 Å². The standard InChI is InChI=1S/C5H5F3N2O2/c6-5(7,8)12-4(11)3-1-2-9-10-3/h2-3,10H,1H2. The number of alkyl halides is 3. The van der Waals surface area contributed by atoms with Crippen molar-refractivity contribution < 1.29 is 22.7 Å². The number of hydrazone groups is 1. The Hall–Kier alpha value is -1.27. The lowest BCUT2D eigenvalue weighted by Crippen LogP contribution is -2.35. The van der Waals surface area contributed by atoms with E-state index in [1.807, 2.05) is 0 Å². The summed E-state index contributed by atoms with van der Waals surface area (Å²) in [6.07, 6.45) is -3.49. The quantitative estimate of drug-likeness (QED) is 0.597. The number of hydrogen-bond acceptors (Lipinski definition) is 4. The van der Waals surface area contributed by atoms with Gasteiger partial charge in [-0.3, -0.25) is 5.43 Å². The van der Waals surface area contributed by atoms with Crippen LogP contribution in [0.1, 0.15) is 6.42 Å². The Morgan fingerprint density at radius 3 is 2.75 bits per heavy atom. The molecule has 0 aromatic heterocycles. The van der Waals surface area contributed by atoms with Crippen molar-refractivity contribution in [3.63, 3.8) is 0 Å². The van der Waals surface area contributed by atoms with Crippen molar-refractivity contribution in [2.75, 3.05) is 0 Å². The fraction of sp³-hybridized carbons (Fsp3) is 0.600. The summed E-state index contributed by atoms with van der Waals surface area (Å²) in [7, 11) is 0. The first-order chi connectivity index (χ1) is 5.49. The predicted molar refractivity (Wildman–Crippen MR) is 32.2 cm³/mol. The van der Waals surface area contributed by atoms with E-state index < -0.39 is 18.4 Å². The lowest BCUT2D eigenvalue weighted by Gasteiger charge is -2.10. The van der Waals surface area contributed by atoms with Crippen LogP contribution in [0.2, 0.25) is 0 Å². The highest BCUT2D eigenvalue weighted by atomic mass is 19.4. The molecule has 0 aliphatic carbocycles. The van der Waals surface area contributed by atoms with Gasteiger partial charge in [0, 0.05) is 12.6 Å². The van der Waals surface area contributed by atoms with Gasteiger partial charge in [0.2, 0.25) is 0 Å². The van der Waals surface area contributed by atoms with Crippen LogP contribution in [0.4, 0.5) is 13.2 Å². The van der Waals surface area contributed by atoms with E-state index in [2.05, 4.69) is 15.3 Å². The lowest BCUT2D eigenvalue weighted by molar-refractivity contribution is -0.306. The normalized spacial score (nSPS) is 22.1. The molecule has 0 saturated carbocycles. The molecule has 0 spiro atoms. The Bertz CT molecular complexity index is 205. The van der Waals surface area contributed by atoms with E-state index in [4.69, 9.17) is 0 Å². The molecule has 0 bridgehead atoms. The smallest absolute Gasteiger partial charge is 0.371 e. The number of hydrogen-bond donors (Lipinski definition) is 1. The van der Waals surface area contributed by atoms with Gasteiger partial charge in [-0.2, -0.15) is 5.10 Å². The van der Waals surface area contributed by atoms with E-state index in [1.54, 1.807) is 0 Å². The third-order valence-electron chi connectivity index (χ3n) is 1.16. The number of halogens is 3. The van der Waals surface area contributed by atoms with Crippen LogP contribution in [0.25, 0.3) is 0 Å². The van der Waals surface area contributed by atoms with Crippen LogP contribution >= 0.6 is 0 Å². The molecule has 0 aromatic carbocycles. The molecule has 7 heteroatoms. The second kappa shape index (κ2) is 3.00. The Balaban J connectivity index is 2.39. The van der Waals surface area contributed by atoms with Gasteiger partial charge in [0.25, 0.3) is 0 Å². The number of nitrogens with zero attached hydrogens (tertiary/aromatic N) is 1. The van der Waals surface area contributed by atoms with E-state index in [1.165, 1.54) is 6.21 Å². The Morgan fingerprint density at radius 1 is 1.67 bits per heavy atom. The Kier molecular flexibility index (Phi) is 2.20. The van der Waals surface area contributed by atoms with E-state index >= 15 is 0 Å². The number of esters is 1. The molecule has 1 N–H and O–H groups in total. The third-order valence-corrected chi connectivity index (χ3v) is 1.16. The molecule has 4 nitrogen and oxygen atoms in total. The van der Waals surface area contributed by atoms with Crippen LogP contribution in [0.15, 0.2) is 5.10 Å². The van der Waals surface area contributed by atoms with Gasteiger partial charge in [-0.05, 0) is 0 Å². The molecule has 1 aliphatic heterocycles. The summed E-state index contributed by atoms with van der Waals surface area (Å²) in [5.74, 6) is -1.36. The van der Waals surface area contributed by atoms with Crippen molar-refractivity contribution in [2.24, 2.45) is 5.10 Å². The number of nitrogens with one attached hydrogen (secondary N) is 1. The molecule has 1 unspecified atom stereocenters. The average Bonchev–Trinajstić information content (AvgIpc) is 2.32. The van der Waals surface area contributed by atoms with Gasteiger partial charge < -0.3 is 4.74 Å². The van der Waals surface area contributed by atoms with Crippen molar-refractivity contribution in [2.45, 2.75) is 18.8 Å². The topological polar surface area (TPSA) is 50.7 Å². The van der Waals surface area contributed by atoms with Crippen molar-refractivity contribution in [1.82, 2.24) is 5.43 Å². The largest absolute Gasteiger partial charge is 0.575 e. The van der Waals surface area contributed by atoms with Crippen LogP contribution in [-0.4, -0.2) is 24.6 Å². The highest BCUT2D eigenvalue weighted by molar-refractivity contribution is 5.81. The molecule has 68 valence electrons. The minimum Gasteiger partial charge on any atom is -0.371 e. The van der Waals surface area contributed by atoms with Crippen LogP contribution < -0.4 is 5.43 Å². The molecule has 0 aromatic rings. The van der Waals surface area contributed by atoms with Gasteiger partial charge in [-0.25, -0.2) is 4.79 Å². The molecule has 1 atom stereocenters. The highest BCUT2D eigenvalue weighted by Gasteiger charge is 2.37. The highest BCUT2D eigenvalue weighted by Crippen LogP contribution is 2.17. The minimum absolute atomic E-state index is 0.120. The predicted octanol–water partition coefficient (Wildman–Crippen LogP) is 0.397. The van der Waals surface area contributed by atoms with Crippen molar-refractivity contribution in [3.8, 4) is 0 Å². The van der Waals surface area contributed by atoms with Gasteiger partial charge in [0.15, 0.2) is 0 Å². The summed E-state index contributed by atoms with van der Waals surface area (Å²) in [5.41, 5.74) is 2.17. The lowest BCUT2D eigenvalue weighted by atomic mass is 10.2. The van der Waals surface area contributed by atoms with Crippen LogP contribution in [-0.2, 0) is 9.53 Å². The van der Waals surface area contributed by atoms with Gasteiger partial charge in [0.1, 0.15) is 6.04 Å². The van der Waals surface area contributed by atoms with Gasteiger partial charge in [-0.15, -0.1) is 13.2 Å². The molecular formula is C5H5F3N2O2. The number of rotatable bonds is 1. The Morgan fingerprint density at radius 2 is 2.33 bits per heavy atom. The summed E-state index contributed by atoms with van der Waals surface area (Å²) < 4.78 is 37.5. The average molecular weight is 182 g/mol. The molecule has 0 fully saturated rings. The van der Waals surface area contributed by atoms with Gasteiger partial charge in [0.05, 0.1) is 0 Å². The number of carbonyl (C=O) groups excluding carboxylic acids is 1. The fourth-order valence-electron chi connectivity index (χ4n) is 0.688. The molecule has 0 saturated heterocycles. The minimum atomic E-state index is -4.92. The zero-order valence-corrected chi connectivity index (χ0v) is 5.76. The Labute approximate surface area is 65.4 Å². The van der Waals surface area contributed by atoms with Crippen molar-refractivity contribution in [1.29, 1.82) is 0 Å². The third kappa shape index (κ3) is 2.40. The van der Waals surface area contributed by atoms with Crippen LogP contribution in [0.5, 0.6) is 0 Å². The molecule has 0 radical (unpaired) electrons.